The summed E-state index contributed by atoms with van der Waals surface area (Å²) in [4.78, 5) is 0. The molecule has 1 aliphatic heterocycles. The third-order valence-corrected chi connectivity index (χ3v) is 7.64. The van der Waals surface area contributed by atoms with Gasteiger partial charge in [-0.05, 0) is 66.2 Å². The first-order valence-corrected chi connectivity index (χ1v) is 13.2. The first-order valence-electron chi connectivity index (χ1n) is 13.2. The molecule has 4 rings (SSSR count). The fourth-order valence-corrected chi connectivity index (χ4v) is 5.53. The molecule has 2 atom stereocenters. The lowest BCUT2D eigenvalue weighted by atomic mass is 9.77. The molecule has 1 heterocycles. The third kappa shape index (κ3) is 6.23. The van der Waals surface area contributed by atoms with Crippen molar-refractivity contribution in [2.45, 2.75) is 96.2 Å². The van der Waals surface area contributed by atoms with E-state index in [0.717, 1.165) is 24.7 Å². The Kier molecular flexibility index (Phi) is 8.82. The van der Waals surface area contributed by atoms with Gasteiger partial charge in [-0.3, -0.25) is 0 Å². The van der Waals surface area contributed by atoms with Gasteiger partial charge in [-0.2, -0.15) is 0 Å². The van der Waals surface area contributed by atoms with Crippen LogP contribution >= 0.6 is 0 Å². The Labute approximate surface area is 195 Å². The van der Waals surface area contributed by atoms with Crippen LogP contribution in [0, 0.1) is 5.92 Å². The van der Waals surface area contributed by atoms with E-state index in [1.54, 1.807) is 0 Å². The lowest BCUT2D eigenvalue weighted by Gasteiger charge is -2.29. The summed E-state index contributed by atoms with van der Waals surface area (Å²) in [6.45, 7) is 5.88. The van der Waals surface area contributed by atoms with Gasteiger partial charge in [-0.25, -0.2) is 0 Å². The predicted octanol–water partition coefficient (Wildman–Crippen LogP) is 8.46. The molecule has 2 aromatic carbocycles. The van der Waals surface area contributed by atoms with E-state index in [1.165, 1.54) is 73.6 Å². The highest BCUT2D eigenvalue weighted by Crippen LogP contribution is 2.38. The maximum absolute atomic E-state index is 6.07. The molecule has 0 amide bonds. The van der Waals surface area contributed by atoms with Crippen molar-refractivity contribution in [1.82, 2.24) is 0 Å². The molecule has 0 aromatic heterocycles. The second-order valence-corrected chi connectivity index (χ2v) is 10.0. The smallest absolute Gasteiger partial charge is 0.106 e. The van der Waals surface area contributed by atoms with Gasteiger partial charge in [0.1, 0.15) is 6.10 Å². The van der Waals surface area contributed by atoms with Crippen molar-refractivity contribution in [2.75, 3.05) is 13.2 Å². The summed E-state index contributed by atoms with van der Waals surface area (Å²) in [6, 6.07) is 18.2. The maximum Gasteiger partial charge on any atom is 0.106 e. The van der Waals surface area contributed by atoms with E-state index in [9.17, 15) is 0 Å². The SMILES string of the molecule is CCCCC[C@H]1CC[C@H](c2ccc(-c3ccc([C@@H]4CO[C@@H](CCC)CO4)cc3)cc2)CC1. The maximum atomic E-state index is 6.07. The zero-order valence-corrected chi connectivity index (χ0v) is 20.2. The summed E-state index contributed by atoms with van der Waals surface area (Å²) in [6.07, 6.45) is 13.8. The number of unbranched alkanes of at least 4 members (excludes halogenated alkanes) is 2. The first kappa shape index (κ1) is 23.5. The normalized spacial score (nSPS) is 26.2. The Balaban J connectivity index is 1.29. The van der Waals surface area contributed by atoms with Crippen LogP contribution in [0.5, 0.6) is 0 Å². The van der Waals surface area contributed by atoms with Crippen LogP contribution in [-0.2, 0) is 9.47 Å². The van der Waals surface area contributed by atoms with E-state index in [4.69, 9.17) is 9.47 Å². The minimum Gasteiger partial charge on any atom is -0.373 e. The second-order valence-electron chi connectivity index (χ2n) is 10.0. The molecule has 0 spiro atoms. The van der Waals surface area contributed by atoms with Crippen molar-refractivity contribution in [3.63, 3.8) is 0 Å². The van der Waals surface area contributed by atoms with Gasteiger partial charge in [0.05, 0.1) is 19.3 Å². The highest BCUT2D eigenvalue weighted by atomic mass is 16.6. The standard InChI is InChI=1S/C30H42O2/c1-3-5-6-8-23-9-11-24(12-10-23)25-13-15-26(16-14-25)27-17-19-28(20-18-27)30-22-31-29(7-4-2)21-32-30/h13-20,23-24,29-30H,3-12,21-22H2,1-2H3/t23-,24-,29-,30-/m0/s1. The molecular weight excluding hydrogens is 392 g/mol. The minimum absolute atomic E-state index is 0.0663. The summed E-state index contributed by atoms with van der Waals surface area (Å²) in [5.41, 5.74) is 5.33. The number of ether oxygens (including phenoxy) is 2. The molecule has 2 nitrogen and oxygen atoms in total. The topological polar surface area (TPSA) is 18.5 Å². The lowest BCUT2D eigenvalue weighted by Crippen LogP contribution is -2.30. The average Bonchev–Trinajstić information content (AvgIpc) is 2.86. The van der Waals surface area contributed by atoms with Gasteiger partial charge in [-0.15, -0.1) is 0 Å². The summed E-state index contributed by atoms with van der Waals surface area (Å²) >= 11 is 0. The van der Waals surface area contributed by atoms with Crippen LogP contribution in [0.25, 0.3) is 11.1 Å². The summed E-state index contributed by atoms with van der Waals surface area (Å²) in [5.74, 6) is 1.74. The van der Waals surface area contributed by atoms with Crippen molar-refractivity contribution >= 4 is 0 Å². The molecule has 0 radical (unpaired) electrons. The van der Waals surface area contributed by atoms with E-state index in [-0.39, 0.29) is 12.2 Å². The Morgan fingerprint density at radius 3 is 1.88 bits per heavy atom. The van der Waals surface area contributed by atoms with Crippen molar-refractivity contribution < 1.29 is 9.47 Å². The molecule has 1 saturated carbocycles. The van der Waals surface area contributed by atoms with E-state index in [2.05, 4.69) is 62.4 Å². The summed E-state index contributed by atoms with van der Waals surface area (Å²) in [5, 5.41) is 0. The third-order valence-electron chi connectivity index (χ3n) is 7.64. The van der Waals surface area contributed by atoms with Crippen LogP contribution in [0.3, 0.4) is 0 Å². The predicted molar refractivity (Wildman–Crippen MR) is 134 cm³/mol. The number of rotatable bonds is 9. The van der Waals surface area contributed by atoms with Crippen molar-refractivity contribution in [1.29, 1.82) is 0 Å². The Hall–Kier alpha value is -1.64. The van der Waals surface area contributed by atoms with E-state index < -0.39 is 0 Å². The van der Waals surface area contributed by atoms with Crippen LogP contribution in [0.2, 0.25) is 0 Å². The fourth-order valence-electron chi connectivity index (χ4n) is 5.53. The van der Waals surface area contributed by atoms with Gasteiger partial charge in [0.25, 0.3) is 0 Å². The number of hydrogen-bond donors (Lipinski definition) is 0. The number of hydrogen-bond acceptors (Lipinski definition) is 2. The van der Waals surface area contributed by atoms with E-state index >= 15 is 0 Å². The van der Waals surface area contributed by atoms with Crippen LogP contribution < -0.4 is 0 Å². The molecule has 2 aliphatic rings. The zero-order chi connectivity index (χ0) is 22.2. The average molecular weight is 435 g/mol. The van der Waals surface area contributed by atoms with Crippen LogP contribution in [0.4, 0.5) is 0 Å². The monoisotopic (exact) mass is 434 g/mol. The van der Waals surface area contributed by atoms with Gasteiger partial charge in [0, 0.05) is 0 Å². The molecule has 174 valence electrons. The molecule has 2 aromatic rings. The van der Waals surface area contributed by atoms with Gasteiger partial charge >= 0.3 is 0 Å². The van der Waals surface area contributed by atoms with Gasteiger partial charge in [0.2, 0.25) is 0 Å². The lowest BCUT2D eigenvalue weighted by molar-refractivity contribution is -0.137. The quantitative estimate of drug-likeness (QED) is 0.368. The summed E-state index contributed by atoms with van der Waals surface area (Å²) < 4.78 is 12.0. The Morgan fingerprint density at radius 2 is 1.31 bits per heavy atom. The molecule has 2 fully saturated rings. The molecule has 0 N–H and O–H groups in total. The van der Waals surface area contributed by atoms with Crippen molar-refractivity contribution in [3.05, 3.63) is 59.7 Å². The molecule has 1 saturated heterocycles. The zero-order valence-electron chi connectivity index (χ0n) is 20.2. The highest BCUT2D eigenvalue weighted by Gasteiger charge is 2.23. The van der Waals surface area contributed by atoms with Crippen LogP contribution in [0.15, 0.2) is 48.5 Å². The molecule has 1 aliphatic carbocycles. The van der Waals surface area contributed by atoms with Gasteiger partial charge in [0.15, 0.2) is 0 Å². The van der Waals surface area contributed by atoms with E-state index in [0.29, 0.717) is 13.2 Å². The fraction of sp³-hybridized carbons (Fsp3) is 0.600. The molecular formula is C30H42O2. The minimum atomic E-state index is 0.0663. The van der Waals surface area contributed by atoms with Crippen LogP contribution in [0.1, 0.15) is 101 Å². The first-order chi connectivity index (χ1) is 15.8. The summed E-state index contributed by atoms with van der Waals surface area (Å²) in [7, 11) is 0. The number of benzene rings is 2. The Bertz CT molecular complexity index is 779. The Morgan fingerprint density at radius 1 is 0.656 bits per heavy atom. The second kappa shape index (κ2) is 12.0. The van der Waals surface area contributed by atoms with Crippen molar-refractivity contribution in [3.8, 4) is 11.1 Å². The molecule has 0 unspecified atom stereocenters. The molecule has 32 heavy (non-hydrogen) atoms. The van der Waals surface area contributed by atoms with E-state index in [1.807, 2.05) is 0 Å². The molecule has 2 heteroatoms. The highest BCUT2D eigenvalue weighted by molar-refractivity contribution is 5.64. The van der Waals surface area contributed by atoms with Gasteiger partial charge in [-0.1, -0.05) is 94.5 Å². The van der Waals surface area contributed by atoms with Crippen LogP contribution in [-0.4, -0.2) is 19.3 Å². The van der Waals surface area contributed by atoms with Gasteiger partial charge < -0.3 is 9.47 Å². The largest absolute Gasteiger partial charge is 0.373 e. The van der Waals surface area contributed by atoms with Crippen molar-refractivity contribution in [2.24, 2.45) is 5.92 Å². The molecule has 0 bridgehead atoms.